The van der Waals surface area contributed by atoms with Gasteiger partial charge in [0.15, 0.2) is 0 Å². The SMILES string of the molecule is CCc1ccc(C(CCc2cccs2)NC)o1. The highest BCUT2D eigenvalue weighted by Crippen LogP contribution is 2.22. The lowest BCUT2D eigenvalue weighted by atomic mass is 10.1. The predicted molar refractivity (Wildman–Crippen MR) is 72.5 cm³/mol. The van der Waals surface area contributed by atoms with Gasteiger partial charge in [0.25, 0.3) is 0 Å². The molecule has 2 aromatic heterocycles. The van der Waals surface area contributed by atoms with Crippen LogP contribution in [0.1, 0.15) is 35.8 Å². The lowest BCUT2D eigenvalue weighted by Crippen LogP contribution is -2.16. The smallest absolute Gasteiger partial charge is 0.121 e. The van der Waals surface area contributed by atoms with Gasteiger partial charge in [-0.2, -0.15) is 0 Å². The van der Waals surface area contributed by atoms with Crippen LogP contribution in [-0.2, 0) is 12.8 Å². The Kier molecular flexibility index (Phi) is 4.40. The molecular weight excluding hydrogens is 230 g/mol. The van der Waals surface area contributed by atoms with Crippen LogP contribution < -0.4 is 5.32 Å². The molecule has 2 rings (SSSR count). The first-order chi connectivity index (χ1) is 8.33. The van der Waals surface area contributed by atoms with Crippen molar-refractivity contribution in [1.29, 1.82) is 0 Å². The fraction of sp³-hybridized carbons (Fsp3) is 0.429. The molecule has 2 heterocycles. The van der Waals surface area contributed by atoms with Gasteiger partial charge in [0, 0.05) is 11.3 Å². The summed E-state index contributed by atoms with van der Waals surface area (Å²) in [4.78, 5) is 1.44. The first-order valence-electron chi connectivity index (χ1n) is 6.11. The molecule has 0 saturated heterocycles. The van der Waals surface area contributed by atoms with Crippen molar-refractivity contribution < 1.29 is 4.42 Å². The van der Waals surface area contributed by atoms with E-state index in [0.29, 0.717) is 6.04 Å². The Labute approximate surface area is 107 Å². The zero-order valence-corrected chi connectivity index (χ0v) is 11.2. The number of nitrogens with one attached hydrogen (secondary N) is 1. The summed E-state index contributed by atoms with van der Waals surface area (Å²) in [5, 5.41) is 5.46. The van der Waals surface area contributed by atoms with Crippen LogP contribution in [0.3, 0.4) is 0 Å². The molecule has 0 aromatic carbocycles. The van der Waals surface area contributed by atoms with E-state index in [9.17, 15) is 0 Å². The van der Waals surface area contributed by atoms with Crippen molar-refractivity contribution in [3.05, 3.63) is 46.0 Å². The summed E-state index contributed by atoms with van der Waals surface area (Å²) in [5.74, 6) is 2.12. The Hall–Kier alpha value is -1.06. The molecule has 0 fully saturated rings. The maximum absolute atomic E-state index is 5.80. The van der Waals surface area contributed by atoms with Gasteiger partial charge >= 0.3 is 0 Å². The highest BCUT2D eigenvalue weighted by atomic mass is 32.1. The van der Waals surface area contributed by atoms with E-state index in [1.807, 2.05) is 18.4 Å². The standard InChI is InChI=1S/C14H19NOS/c1-3-11-6-9-14(16-11)13(15-2)8-7-12-5-4-10-17-12/h4-6,9-10,13,15H,3,7-8H2,1-2H3. The predicted octanol–water partition coefficient (Wildman–Crippen LogP) is 3.80. The lowest BCUT2D eigenvalue weighted by molar-refractivity contribution is 0.396. The molecule has 2 nitrogen and oxygen atoms in total. The average molecular weight is 249 g/mol. The Morgan fingerprint density at radius 3 is 2.82 bits per heavy atom. The third-order valence-corrected chi connectivity index (χ3v) is 3.92. The fourth-order valence-corrected chi connectivity index (χ4v) is 2.67. The second-order valence-corrected chi connectivity index (χ2v) is 5.15. The van der Waals surface area contributed by atoms with Gasteiger partial charge in [0.05, 0.1) is 6.04 Å². The number of hydrogen-bond donors (Lipinski definition) is 1. The molecular formula is C14H19NOS. The van der Waals surface area contributed by atoms with Crippen LogP contribution in [0.15, 0.2) is 34.1 Å². The van der Waals surface area contributed by atoms with E-state index in [4.69, 9.17) is 4.42 Å². The molecule has 1 unspecified atom stereocenters. The summed E-state index contributed by atoms with van der Waals surface area (Å²) in [7, 11) is 1.99. The normalized spacial score (nSPS) is 12.8. The molecule has 0 bridgehead atoms. The van der Waals surface area contributed by atoms with E-state index in [2.05, 4.69) is 41.9 Å². The van der Waals surface area contributed by atoms with E-state index < -0.39 is 0 Å². The largest absolute Gasteiger partial charge is 0.464 e. The van der Waals surface area contributed by atoms with Crippen molar-refractivity contribution in [1.82, 2.24) is 5.32 Å². The molecule has 1 N–H and O–H groups in total. The summed E-state index contributed by atoms with van der Waals surface area (Å²) in [6.07, 6.45) is 3.14. The molecule has 92 valence electrons. The molecule has 0 saturated carbocycles. The summed E-state index contributed by atoms with van der Waals surface area (Å²) in [6.45, 7) is 2.11. The highest BCUT2D eigenvalue weighted by Gasteiger charge is 2.13. The van der Waals surface area contributed by atoms with Gasteiger partial charge < -0.3 is 9.73 Å². The average Bonchev–Trinajstić information content (AvgIpc) is 3.00. The van der Waals surface area contributed by atoms with Gasteiger partial charge in [-0.25, -0.2) is 0 Å². The monoisotopic (exact) mass is 249 g/mol. The summed E-state index contributed by atoms with van der Waals surface area (Å²) in [6, 6.07) is 8.78. The molecule has 0 aliphatic carbocycles. The van der Waals surface area contributed by atoms with Crippen molar-refractivity contribution in [2.24, 2.45) is 0 Å². The number of furan rings is 1. The maximum atomic E-state index is 5.80. The van der Waals surface area contributed by atoms with Crippen molar-refractivity contribution in [3.8, 4) is 0 Å². The highest BCUT2D eigenvalue weighted by molar-refractivity contribution is 7.09. The first-order valence-corrected chi connectivity index (χ1v) is 6.99. The van der Waals surface area contributed by atoms with Crippen LogP contribution in [0.2, 0.25) is 0 Å². The van der Waals surface area contributed by atoms with Crippen LogP contribution in [0.5, 0.6) is 0 Å². The van der Waals surface area contributed by atoms with Crippen LogP contribution in [0.25, 0.3) is 0 Å². The van der Waals surface area contributed by atoms with Gasteiger partial charge in [-0.05, 0) is 43.5 Å². The van der Waals surface area contributed by atoms with Crippen molar-refractivity contribution in [3.63, 3.8) is 0 Å². The van der Waals surface area contributed by atoms with Crippen molar-refractivity contribution in [2.45, 2.75) is 32.2 Å². The molecule has 0 amide bonds. The van der Waals surface area contributed by atoms with Crippen LogP contribution >= 0.6 is 11.3 Å². The van der Waals surface area contributed by atoms with Gasteiger partial charge in [0.2, 0.25) is 0 Å². The molecule has 0 radical (unpaired) electrons. The Morgan fingerprint density at radius 2 is 2.24 bits per heavy atom. The van der Waals surface area contributed by atoms with Gasteiger partial charge in [-0.15, -0.1) is 11.3 Å². The summed E-state index contributed by atoms with van der Waals surface area (Å²) in [5.41, 5.74) is 0. The number of thiophene rings is 1. The molecule has 0 spiro atoms. The summed E-state index contributed by atoms with van der Waals surface area (Å²) < 4.78 is 5.80. The maximum Gasteiger partial charge on any atom is 0.121 e. The third kappa shape index (κ3) is 3.20. The Bertz CT molecular complexity index is 433. The fourth-order valence-electron chi connectivity index (χ4n) is 1.94. The summed E-state index contributed by atoms with van der Waals surface area (Å²) >= 11 is 1.82. The molecule has 0 aliphatic rings. The Balaban J connectivity index is 1.96. The first kappa shape index (κ1) is 12.4. The van der Waals surface area contributed by atoms with Crippen molar-refractivity contribution in [2.75, 3.05) is 7.05 Å². The minimum atomic E-state index is 0.317. The molecule has 3 heteroatoms. The Morgan fingerprint density at radius 1 is 1.35 bits per heavy atom. The molecule has 17 heavy (non-hydrogen) atoms. The van der Waals surface area contributed by atoms with E-state index in [-0.39, 0.29) is 0 Å². The van der Waals surface area contributed by atoms with E-state index >= 15 is 0 Å². The van der Waals surface area contributed by atoms with E-state index in [1.54, 1.807) is 0 Å². The minimum absolute atomic E-state index is 0.317. The van der Waals surface area contributed by atoms with Gasteiger partial charge in [-0.3, -0.25) is 0 Å². The number of hydrogen-bond acceptors (Lipinski definition) is 3. The van der Waals surface area contributed by atoms with Crippen LogP contribution in [0.4, 0.5) is 0 Å². The quantitative estimate of drug-likeness (QED) is 0.842. The molecule has 2 aromatic rings. The topological polar surface area (TPSA) is 25.2 Å². The lowest BCUT2D eigenvalue weighted by Gasteiger charge is -2.12. The van der Waals surface area contributed by atoms with Crippen LogP contribution in [0, 0.1) is 0 Å². The number of aryl methyl sites for hydroxylation is 2. The van der Waals surface area contributed by atoms with Gasteiger partial charge in [-0.1, -0.05) is 13.0 Å². The van der Waals surface area contributed by atoms with Gasteiger partial charge in [0.1, 0.15) is 11.5 Å². The zero-order valence-electron chi connectivity index (χ0n) is 10.4. The molecule has 0 aliphatic heterocycles. The third-order valence-electron chi connectivity index (χ3n) is 2.98. The van der Waals surface area contributed by atoms with E-state index in [1.165, 1.54) is 4.88 Å². The second-order valence-electron chi connectivity index (χ2n) is 4.12. The second kappa shape index (κ2) is 6.03. The molecule has 1 atom stereocenters. The van der Waals surface area contributed by atoms with Crippen LogP contribution in [-0.4, -0.2) is 7.05 Å². The number of rotatable bonds is 6. The minimum Gasteiger partial charge on any atom is -0.464 e. The van der Waals surface area contributed by atoms with E-state index in [0.717, 1.165) is 30.8 Å². The zero-order chi connectivity index (χ0) is 12.1. The van der Waals surface area contributed by atoms with Crippen molar-refractivity contribution >= 4 is 11.3 Å².